The zero-order chi connectivity index (χ0) is 13.1. The second-order valence-electron chi connectivity index (χ2n) is 5.42. The Morgan fingerprint density at radius 2 is 2.00 bits per heavy atom. The Morgan fingerprint density at radius 3 is 2.67 bits per heavy atom. The summed E-state index contributed by atoms with van der Waals surface area (Å²) in [5.74, 6) is 0. The molecule has 2 unspecified atom stereocenters. The number of nitrogens with one attached hydrogen (secondary N) is 1. The highest BCUT2D eigenvalue weighted by molar-refractivity contribution is 5.53. The number of anilines is 1. The van der Waals surface area contributed by atoms with Gasteiger partial charge in [-0.2, -0.15) is 0 Å². The Labute approximate surface area is 111 Å². The van der Waals surface area contributed by atoms with Gasteiger partial charge >= 0.3 is 0 Å². The van der Waals surface area contributed by atoms with Crippen molar-refractivity contribution in [1.29, 1.82) is 0 Å². The Bertz CT molecular complexity index is 391. The third-order valence-electron chi connectivity index (χ3n) is 4.08. The number of nitrogens with zero attached hydrogens (tertiary/aromatic N) is 2. The lowest BCUT2D eigenvalue weighted by Crippen LogP contribution is -2.59. The van der Waals surface area contributed by atoms with E-state index in [1.54, 1.807) is 0 Å². The fourth-order valence-corrected chi connectivity index (χ4v) is 2.82. The molecule has 1 aliphatic rings. The quantitative estimate of drug-likeness (QED) is 0.877. The van der Waals surface area contributed by atoms with E-state index in [1.807, 2.05) is 7.05 Å². The topological polar surface area (TPSA) is 18.5 Å². The second kappa shape index (κ2) is 5.72. The van der Waals surface area contributed by atoms with Crippen molar-refractivity contribution in [1.82, 2.24) is 10.2 Å². The van der Waals surface area contributed by atoms with E-state index in [2.05, 4.69) is 60.3 Å². The van der Waals surface area contributed by atoms with Crippen LogP contribution in [0.3, 0.4) is 0 Å². The van der Waals surface area contributed by atoms with Crippen molar-refractivity contribution in [2.75, 3.05) is 38.6 Å². The van der Waals surface area contributed by atoms with E-state index in [1.165, 1.54) is 11.3 Å². The molecule has 0 bridgehead atoms. The van der Waals surface area contributed by atoms with Crippen LogP contribution in [0, 0.1) is 6.92 Å². The van der Waals surface area contributed by atoms with Gasteiger partial charge in [0, 0.05) is 37.4 Å². The lowest BCUT2D eigenvalue weighted by Gasteiger charge is -2.45. The van der Waals surface area contributed by atoms with Crippen LogP contribution in [-0.4, -0.2) is 50.7 Å². The molecule has 1 aliphatic heterocycles. The average Bonchev–Trinajstić information content (AvgIpc) is 2.35. The van der Waals surface area contributed by atoms with E-state index < -0.39 is 0 Å². The minimum Gasteiger partial charge on any atom is -0.368 e. The molecule has 1 fully saturated rings. The molecule has 0 radical (unpaired) electrons. The van der Waals surface area contributed by atoms with Gasteiger partial charge in [-0.3, -0.25) is 4.90 Å². The van der Waals surface area contributed by atoms with Crippen molar-refractivity contribution in [3.63, 3.8) is 0 Å². The summed E-state index contributed by atoms with van der Waals surface area (Å²) < 4.78 is 0. The fraction of sp³-hybridized carbons (Fsp3) is 0.600. The summed E-state index contributed by atoms with van der Waals surface area (Å²) in [5.41, 5.74) is 2.76. The first kappa shape index (κ1) is 13.4. The molecule has 1 saturated heterocycles. The smallest absolute Gasteiger partial charge is 0.0397 e. The van der Waals surface area contributed by atoms with Crippen LogP contribution in [0.15, 0.2) is 24.3 Å². The van der Waals surface area contributed by atoms with Gasteiger partial charge in [-0.25, -0.2) is 0 Å². The summed E-state index contributed by atoms with van der Waals surface area (Å²) in [6.07, 6.45) is 0. The van der Waals surface area contributed by atoms with Gasteiger partial charge in [0.2, 0.25) is 0 Å². The van der Waals surface area contributed by atoms with Gasteiger partial charge in [-0.1, -0.05) is 18.2 Å². The number of likely N-dealkylation sites (N-methyl/N-ethyl adjacent to an activating group) is 2. The van der Waals surface area contributed by atoms with Gasteiger partial charge in [0.1, 0.15) is 0 Å². The Morgan fingerprint density at radius 1 is 1.28 bits per heavy atom. The van der Waals surface area contributed by atoms with Crippen molar-refractivity contribution in [3.8, 4) is 0 Å². The summed E-state index contributed by atoms with van der Waals surface area (Å²) >= 11 is 0. The molecule has 1 heterocycles. The summed E-state index contributed by atoms with van der Waals surface area (Å²) in [7, 11) is 4.27. The maximum absolute atomic E-state index is 3.31. The minimum atomic E-state index is 0.582. The summed E-state index contributed by atoms with van der Waals surface area (Å²) in [6.45, 7) is 7.77. The van der Waals surface area contributed by atoms with Crippen molar-refractivity contribution in [2.45, 2.75) is 25.9 Å². The Hall–Kier alpha value is -1.06. The lowest BCUT2D eigenvalue weighted by molar-refractivity contribution is 0.157. The molecule has 0 saturated carbocycles. The van der Waals surface area contributed by atoms with Crippen LogP contribution in [0.4, 0.5) is 5.69 Å². The van der Waals surface area contributed by atoms with E-state index in [-0.39, 0.29) is 0 Å². The number of rotatable bonds is 3. The highest BCUT2D eigenvalue weighted by Gasteiger charge is 2.29. The largest absolute Gasteiger partial charge is 0.368 e. The maximum atomic E-state index is 3.31. The zero-order valence-corrected chi connectivity index (χ0v) is 12.0. The number of piperazine rings is 1. The average molecular weight is 247 g/mol. The van der Waals surface area contributed by atoms with Crippen LogP contribution < -0.4 is 10.2 Å². The van der Waals surface area contributed by atoms with E-state index in [0.29, 0.717) is 12.1 Å². The normalized spacial score (nSPS) is 25.4. The second-order valence-corrected chi connectivity index (χ2v) is 5.42. The third-order valence-corrected chi connectivity index (χ3v) is 4.08. The first-order valence-corrected chi connectivity index (χ1v) is 6.80. The zero-order valence-electron chi connectivity index (χ0n) is 12.0. The van der Waals surface area contributed by atoms with Gasteiger partial charge in [-0.05, 0) is 39.6 Å². The third kappa shape index (κ3) is 2.68. The summed E-state index contributed by atoms with van der Waals surface area (Å²) in [5, 5.41) is 3.31. The number of hydrogen-bond donors (Lipinski definition) is 1. The first-order valence-electron chi connectivity index (χ1n) is 6.80. The molecule has 2 rings (SSSR count). The molecule has 100 valence electrons. The molecule has 0 spiro atoms. The highest BCUT2D eigenvalue weighted by Crippen LogP contribution is 2.24. The van der Waals surface area contributed by atoms with Crippen molar-refractivity contribution in [2.24, 2.45) is 0 Å². The van der Waals surface area contributed by atoms with E-state index in [4.69, 9.17) is 0 Å². The molecule has 1 aromatic rings. The van der Waals surface area contributed by atoms with Crippen LogP contribution in [0.25, 0.3) is 0 Å². The van der Waals surface area contributed by atoms with Crippen LogP contribution in [0.2, 0.25) is 0 Å². The van der Waals surface area contributed by atoms with Crippen LogP contribution in [-0.2, 0) is 0 Å². The molecule has 2 atom stereocenters. The van der Waals surface area contributed by atoms with E-state index in [9.17, 15) is 0 Å². The lowest BCUT2D eigenvalue weighted by atomic mass is 10.1. The molecule has 3 heteroatoms. The van der Waals surface area contributed by atoms with Crippen molar-refractivity contribution in [3.05, 3.63) is 29.8 Å². The monoisotopic (exact) mass is 247 g/mol. The van der Waals surface area contributed by atoms with Crippen LogP contribution in [0.5, 0.6) is 0 Å². The molecule has 0 aromatic heterocycles. The van der Waals surface area contributed by atoms with Gasteiger partial charge in [0.05, 0.1) is 0 Å². The number of hydrogen-bond acceptors (Lipinski definition) is 3. The fourth-order valence-electron chi connectivity index (χ4n) is 2.82. The molecular weight excluding hydrogens is 222 g/mol. The first-order chi connectivity index (χ1) is 8.63. The SMILES string of the molecule is CNCC1CN(c2ccccc2C)CC(C)N1C. The summed E-state index contributed by atoms with van der Waals surface area (Å²) in [6, 6.07) is 9.87. The van der Waals surface area contributed by atoms with Crippen molar-refractivity contribution < 1.29 is 0 Å². The number of para-hydroxylation sites is 1. The maximum Gasteiger partial charge on any atom is 0.0397 e. The van der Waals surface area contributed by atoms with Crippen molar-refractivity contribution >= 4 is 5.69 Å². The van der Waals surface area contributed by atoms with Crippen LogP contribution >= 0.6 is 0 Å². The molecule has 1 aromatic carbocycles. The molecular formula is C15H25N3. The Balaban J connectivity index is 2.17. The summed E-state index contributed by atoms with van der Waals surface area (Å²) in [4.78, 5) is 5.02. The predicted octanol–water partition coefficient (Wildman–Crippen LogP) is 1.72. The van der Waals surface area contributed by atoms with E-state index in [0.717, 1.165) is 19.6 Å². The van der Waals surface area contributed by atoms with Gasteiger partial charge < -0.3 is 10.2 Å². The molecule has 0 aliphatic carbocycles. The Kier molecular flexibility index (Phi) is 4.25. The standard InChI is InChI=1S/C15H25N3/c1-12-7-5-6-8-15(12)18-10-13(2)17(4)14(11-18)9-16-3/h5-8,13-14,16H,9-11H2,1-4H3. The highest BCUT2D eigenvalue weighted by atomic mass is 15.3. The molecule has 18 heavy (non-hydrogen) atoms. The molecule has 1 N–H and O–H groups in total. The van der Waals surface area contributed by atoms with Gasteiger partial charge in [0.25, 0.3) is 0 Å². The molecule has 0 amide bonds. The van der Waals surface area contributed by atoms with Crippen LogP contribution in [0.1, 0.15) is 12.5 Å². The van der Waals surface area contributed by atoms with Gasteiger partial charge in [0.15, 0.2) is 0 Å². The molecule has 3 nitrogen and oxygen atoms in total. The predicted molar refractivity (Wildman–Crippen MR) is 78.3 cm³/mol. The van der Waals surface area contributed by atoms with E-state index >= 15 is 0 Å². The van der Waals surface area contributed by atoms with Gasteiger partial charge in [-0.15, -0.1) is 0 Å². The number of benzene rings is 1. The minimum absolute atomic E-state index is 0.582. The number of aryl methyl sites for hydroxylation is 1.